The van der Waals surface area contributed by atoms with Gasteiger partial charge in [0.2, 0.25) is 5.91 Å². The van der Waals surface area contributed by atoms with Crippen LogP contribution in [0, 0.1) is 0 Å². The maximum Gasteiger partial charge on any atom is 0.238 e. The fourth-order valence-corrected chi connectivity index (χ4v) is 2.25. The Morgan fingerprint density at radius 2 is 2.25 bits per heavy atom. The van der Waals surface area contributed by atoms with E-state index in [1.807, 2.05) is 25.9 Å². The van der Waals surface area contributed by atoms with E-state index in [9.17, 15) is 4.79 Å². The van der Waals surface area contributed by atoms with Crippen LogP contribution >= 0.6 is 11.8 Å². The van der Waals surface area contributed by atoms with Crippen LogP contribution in [0.3, 0.4) is 0 Å². The van der Waals surface area contributed by atoms with Crippen LogP contribution in [0.1, 0.15) is 13.8 Å². The minimum atomic E-state index is -0.0169. The molecule has 94 valence electrons. The standard InChI is InChI=1S/C11H23N3OS/c1-11(2,14(3)4)8-13-10(15)9-7-16-6-5-12-9/h9,12H,5-8H2,1-4H3,(H,13,15). The number of rotatable bonds is 4. The number of nitrogens with zero attached hydrogens (tertiary/aromatic N) is 1. The number of nitrogens with one attached hydrogen (secondary N) is 2. The Morgan fingerprint density at radius 3 is 2.75 bits per heavy atom. The Hall–Kier alpha value is -0.260. The van der Waals surface area contributed by atoms with Gasteiger partial charge in [0.25, 0.3) is 0 Å². The number of amides is 1. The van der Waals surface area contributed by atoms with Crippen molar-refractivity contribution in [1.29, 1.82) is 0 Å². The van der Waals surface area contributed by atoms with Crippen LogP contribution in [0.4, 0.5) is 0 Å². The Balaban J connectivity index is 2.34. The molecule has 16 heavy (non-hydrogen) atoms. The molecule has 1 aliphatic heterocycles. The lowest BCUT2D eigenvalue weighted by Crippen LogP contribution is -2.54. The van der Waals surface area contributed by atoms with Crippen molar-refractivity contribution < 1.29 is 4.79 Å². The molecule has 1 atom stereocenters. The van der Waals surface area contributed by atoms with Gasteiger partial charge in [0.15, 0.2) is 0 Å². The predicted molar refractivity (Wildman–Crippen MR) is 69.9 cm³/mol. The molecule has 0 bridgehead atoms. The van der Waals surface area contributed by atoms with Gasteiger partial charge in [-0.15, -0.1) is 0 Å². The summed E-state index contributed by atoms with van der Waals surface area (Å²) in [6.07, 6.45) is 0. The molecule has 1 heterocycles. The molecule has 0 aliphatic carbocycles. The summed E-state index contributed by atoms with van der Waals surface area (Å²) in [5.74, 6) is 2.11. The van der Waals surface area contributed by atoms with Gasteiger partial charge in [-0.25, -0.2) is 0 Å². The predicted octanol–water partition coefficient (Wildman–Crippen LogP) is 0.148. The van der Waals surface area contributed by atoms with E-state index < -0.39 is 0 Å². The topological polar surface area (TPSA) is 44.4 Å². The summed E-state index contributed by atoms with van der Waals surface area (Å²) in [5, 5.41) is 6.26. The summed E-state index contributed by atoms with van der Waals surface area (Å²) in [6, 6.07) is -0.0169. The number of thioether (sulfide) groups is 1. The van der Waals surface area contributed by atoms with Gasteiger partial charge in [-0.05, 0) is 27.9 Å². The second-order valence-corrected chi connectivity index (χ2v) is 6.16. The monoisotopic (exact) mass is 245 g/mol. The fourth-order valence-electron chi connectivity index (χ4n) is 1.32. The summed E-state index contributed by atoms with van der Waals surface area (Å²) in [6.45, 7) is 5.86. The molecular weight excluding hydrogens is 222 g/mol. The Bertz CT molecular complexity index is 237. The van der Waals surface area contributed by atoms with Crippen LogP contribution < -0.4 is 10.6 Å². The SMILES string of the molecule is CN(C)C(C)(C)CNC(=O)C1CSCCN1. The van der Waals surface area contributed by atoms with Gasteiger partial charge in [0, 0.05) is 30.1 Å². The molecule has 0 radical (unpaired) electrons. The van der Waals surface area contributed by atoms with Gasteiger partial charge >= 0.3 is 0 Å². The van der Waals surface area contributed by atoms with Crippen LogP contribution in [-0.4, -0.2) is 61.1 Å². The lowest BCUT2D eigenvalue weighted by atomic mass is 10.0. The largest absolute Gasteiger partial charge is 0.353 e. The van der Waals surface area contributed by atoms with Crippen molar-refractivity contribution in [3.63, 3.8) is 0 Å². The smallest absolute Gasteiger partial charge is 0.238 e. The van der Waals surface area contributed by atoms with Crippen LogP contribution in [0.5, 0.6) is 0 Å². The average molecular weight is 245 g/mol. The highest BCUT2D eigenvalue weighted by atomic mass is 32.2. The molecule has 2 N–H and O–H groups in total. The highest BCUT2D eigenvalue weighted by Crippen LogP contribution is 2.10. The van der Waals surface area contributed by atoms with E-state index in [4.69, 9.17) is 0 Å². The number of carbonyl (C=O) groups excluding carboxylic acids is 1. The Labute approximate surface area is 103 Å². The first-order valence-corrected chi connectivity index (χ1v) is 6.85. The zero-order chi connectivity index (χ0) is 12.2. The van der Waals surface area contributed by atoms with Gasteiger partial charge in [-0.3, -0.25) is 4.79 Å². The van der Waals surface area contributed by atoms with Gasteiger partial charge in [-0.1, -0.05) is 0 Å². The first-order valence-electron chi connectivity index (χ1n) is 5.70. The van der Waals surface area contributed by atoms with Crippen molar-refractivity contribution in [2.45, 2.75) is 25.4 Å². The Morgan fingerprint density at radius 1 is 1.56 bits per heavy atom. The molecule has 1 rings (SSSR count). The van der Waals surface area contributed by atoms with Crippen molar-refractivity contribution in [1.82, 2.24) is 15.5 Å². The van der Waals surface area contributed by atoms with Crippen LogP contribution in [-0.2, 0) is 4.79 Å². The third-order valence-electron chi connectivity index (χ3n) is 3.14. The third kappa shape index (κ3) is 3.96. The molecule has 0 aromatic rings. The van der Waals surface area contributed by atoms with Crippen molar-refractivity contribution >= 4 is 17.7 Å². The lowest BCUT2D eigenvalue weighted by Gasteiger charge is -2.33. The number of likely N-dealkylation sites (N-methyl/N-ethyl adjacent to an activating group) is 1. The second kappa shape index (κ2) is 5.89. The summed E-state index contributed by atoms with van der Waals surface area (Å²) < 4.78 is 0. The zero-order valence-electron chi connectivity index (χ0n) is 10.7. The molecule has 0 aromatic heterocycles. The van der Waals surface area contributed by atoms with Gasteiger partial charge in [0.1, 0.15) is 0 Å². The molecule has 1 amide bonds. The fraction of sp³-hybridized carbons (Fsp3) is 0.909. The highest BCUT2D eigenvalue weighted by Gasteiger charge is 2.25. The second-order valence-electron chi connectivity index (χ2n) is 5.01. The minimum Gasteiger partial charge on any atom is -0.353 e. The zero-order valence-corrected chi connectivity index (χ0v) is 11.5. The van der Waals surface area contributed by atoms with Crippen molar-refractivity contribution in [3.8, 4) is 0 Å². The van der Waals surface area contributed by atoms with Gasteiger partial charge in [-0.2, -0.15) is 11.8 Å². The van der Waals surface area contributed by atoms with Gasteiger partial charge < -0.3 is 15.5 Å². The lowest BCUT2D eigenvalue weighted by molar-refractivity contribution is -0.123. The van der Waals surface area contributed by atoms with Gasteiger partial charge in [0.05, 0.1) is 6.04 Å². The highest BCUT2D eigenvalue weighted by molar-refractivity contribution is 7.99. The van der Waals surface area contributed by atoms with Crippen LogP contribution in [0.2, 0.25) is 0 Å². The van der Waals surface area contributed by atoms with E-state index in [1.54, 1.807) is 0 Å². The van der Waals surface area contributed by atoms with E-state index in [0.717, 1.165) is 18.1 Å². The van der Waals surface area contributed by atoms with E-state index in [2.05, 4.69) is 29.4 Å². The molecule has 1 saturated heterocycles. The summed E-state index contributed by atoms with van der Waals surface area (Å²) in [5.41, 5.74) is -0.00251. The molecule has 0 aromatic carbocycles. The number of carbonyl (C=O) groups is 1. The molecule has 1 fully saturated rings. The molecule has 0 spiro atoms. The van der Waals surface area contributed by atoms with E-state index >= 15 is 0 Å². The van der Waals surface area contributed by atoms with Crippen molar-refractivity contribution in [3.05, 3.63) is 0 Å². The molecule has 0 saturated carbocycles. The average Bonchev–Trinajstić information content (AvgIpc) is 2.27. The van der Waals surface area contributed by atoms with Crippen LogP contribution in [0.15, 0.2) is 0 Å². The maximum atomic E-state index is 11.9. The maximum absolute atomic E-state index is 11.9. The minimum absolute atomic E-state index is 0.00251. The normalized spacial score (nSPS) is 22.2. The number of hydrogen-bond acceptors (Lipinski definition) is 4. The quantitative estimate of drug-likeness (QED) is 0.740. The Kier molecular flexibility index (Phi) is 5.08. The number of hydrogen-bond donors (Lipinski definition) is 2. The molecule has 1 unspecified atom stereocenters. The first-order chi connectivity index (χ1) is 7.43. The van der Waals surface area contributed by atoms with E-state index in [-0.39, 0.29) is 17.5 Å². The van der Waals surface area contributed by atoms with E-state index in [1.165, 1.54) is 0 Å². The molecule has 1 aliphatic rings. The molecule has 5 heteroatoms. The van der Waals surface area contributed by atoms with Crippen molar-refractivity contribution in [2.24, 2.45) is 0 Å². The summed E-state index contributed by atoms with van der Waals surface area (Å²) in [4.78, 5) is 14.0. The van der Waals surface area contributed by atoms with E-state index in [0.29, 0.717) is 6.54 Å². The molecule has 4 nitrogen and oxygen atoms in total. The first kappa shape index (κ1) is 13.8. The molecular formula is C11H23N3OS. The van der Waals surface area contributed by atoms with Crippen LogP contribution in [0.25, 0.3) is 0 Å². The summed E-state index contributed by atoms with van der Waals surface area (Å²) >= 11 is 1.84. The van der Waals surface area contributed by atoms with Crippen molar-refractivity contribution in [2.75, 3.05) is 38.7 Å². The summed E-state index contributed by atoms with van der Waals surface area (Å²) in [7, 11) is 4.06. The third-order valence-corrected chi connectivity index (χ3v) is 4.21.